The Balaban J connectivity index is 1.70. The van der Waals surface area contributed by atoms with Gasteiger partial charge in [0, 0.05) is 0 Å². The van der Waals surface area contributed by atoms with Crippen molar-refractivity contribution in [1.29, 1.82) is 0 Å². The number of rotatable bonds is 5. The number of halogens is 1. The van der Waals surface area contributed by atoms with Gasteiger partial charge >= 0.3 is 0 Å². The van der Waals surface area contributed by atoms with E-state index in [-0.39, 0.29) is 5.82 Å². The number of furan rings is 1. The molecule has 2 aromatic rings. The topological polar surface area (TPSA) is 25.2 Å². The van der Waals surface area contributed by atoms with E-state index in [4.69, 9.17) is 4.42 Å². The second kappa shape index (κ2) is 5.47. The third-order valence-electron chi connectivity index (χ3n) is 2.38. The van der Waals surface area contributed by atoms with E-state index < -0.39 is 0 Å². The van der Waals surface area contributed by atoms with Crippen LogP contribution in [0.25, 0.3) is 0 Å². The molecule has 0 saturated carbocycles. The van der Waals surface area contributed by atoms with Crippen LogP contribution >= 0.6 is 0 Å². The summed E-state index contributed by atoms with van der Waals surface area (Å²) in [5.74, 6) is 0.742. The summed E-state index contributed by atoms with van der Waals surface area (Å²) in [5.41, 5.74) is 1.13. The molecule has 0 atom stereocenters. The zero-order valence-corrected chi connectivity index (χ0v) is 8.95. The highest BCUT2D eigenvalue weighted by Gasteiger charge is 1.96. The van der Waals surface area contributed by atoms with Crippen molar-refractivity contribution in [3.8, 4) is 0 Å². The van der Waals surface area contributed by atoms with Gasteiger partial charge in [0.15, 0.2) is 0 Å². The fourth-order valence-corrected chi connectivity index (χ4v) is 1.51. The van der Waals surface area contributed by atoms with Crippen LogP contribution < -0.4 is 5.32 Å². The predicted molar refractivity (Wildman–Crippen MR) is 60.5 cm³/mol. The van der Waals surface area contributed by atoms with Crippen LogP contribution in [0.4, 0.5) is 4.39 Å². The van der Waals surface area contributed by atoms with E-state index >= 15 is 0 Å². The lowest BCUT2D eigenvalue weighted by molar-refractivity contribution is 0.484. The van der Waals surface area contributed by atoms with Gasteiger partial charge in [0.2, 0.25) is 0 Å². The SMILES string of the molecule is Fc1ccc(CCNCc2ccco2)cc1. The molecule has 1 N–H and O–H groups in total. The first kappa shape index (κ1) is 10.9. The highest BCUT2D eigenvalue weighted by molar-refractivity contribution is 5.16. The molecule has 0 fully saturated rings. The molecule has 3 heteroatoms. The van der Waals surface area contributed by atoms with Crippen molar-refractivity contribution in [1.82, 2.24) is 5.32 Å². The second-order valence-corrected chi connectivity index (χ2v) is 3.63. The van der Waals surface area contributed by atoms with Gasteiger partial charge in [0.25, 0.3) is 0 Å². The van der Waals surface area contributed by atoms with Gasteiger partial charge < -0.3 is 9.73 Å². The second-order valence-electron chi connectivity index (χ2n) is 3.63. The summed E-state index contributed by atoms with van der Waals surface area (Å²) in [6, 6.07) is 10.4. The first-order valence-corrected chi connectivity index (χ1v) is 5.32. The van der Waals surface area contributed by atoms with Gasteiger partial charge in [0.05, 0.1) is 12.8 Å². The summed E-state index contributed by atoms with van der Waals surface area (Å²) in [6.45, 7) is 1.58. The maximum absolute atomic E-state index is 12.6. The number of benzene rings is 1. The van der Waals surface area contributed by atoms with Crippen LogP contribution in [0.15, 0.2) is 47.1 Å². The lowest BCUT2D eigenvalue weighted by atomic mass is 10.1. The molecule has 0 radical (unpaired) electrons. The summed E-state index contributed by atoms with van der Waals surface area (Å²) in [5, 5.41) is 3.26. The molecule has 2 rings (SSSR count). The Morgan fingerprint density at radius 3 is 2.62 bits per heavy atom. The number of hydrogen-bond acceptors (Lipinski definition) is 2. The molecule has 0 aliphatic rings. The van der Waals surface area contributed by atoms with Gasteiger partial charge in [-0.1, -0.05) is 12.1 Å². The summed E-state index contributed by atoms with van der Waals surface area (Å²) < 4.78 is 17.8. The van der Waals surface area contributed by atoms with E-state index in [0.717, 1.165) is 30.8 Å². The highest BCUT2D eigenvalue weighted by Crippen LogP contribution is 2.03. The number of hydrogen-bond donors (Lipinski definition) is 1. The molecule has 1 aromatic heterocycles. The maximum Gasteiger partial charge on any atom is 0.123 e. The summed E-state index contributed by atoms with van der Waals surface area (Å²) in [7, 11) is 0. The summed E-state index contributed by atoms with van der Waals surface area (Å²) in [4.78, 5) is 0. The van der Waals surface area contributed by atoms with Gasteiger partial charge in [-0.05, 0) is 42.8 Å². The molecule has 84 valence electrons. The Morgan fingerprint density at radius 2 is 1.94 bits per heavy atom. The molecule has 0 aliphatic heterocycles. The third-order valence-corrected chi connectivity index (χ3v) is 2.38. The smallest absolute Gasteiger partial charge is 0.123 e. The first-order valence-electron chi connectivity index (χ1n) is 5.32. The van der Waals surface area contributed by atoms with E-state index in [1.807, 2.05) is 24.3 Å². The maximum atomic E-state index is 12.6. The molecule has 0 unspecified atom stereocenters. The lowest BCUT2D eigenvalue weighted by Crippen LogP contribution is -2.16. The fraction of sp³-hybridized carbons (Fsp3) is 0.231. The predicted octanol–water partition coefficient (Wildman–Crippen LogP) is 2.75. The first-order chi connectivity index (χ1) is 7.84. The van der Waals surface area contributed by atoms with Gasteiger partial charge in [-0.3, -0.25) is 0 Å². The average Bonchev–Trinajstić information content (AvgIpc) is 2.80. The molecule has 0 bridgehead atoms. The Bertz CT molecular complexity index is 408. The molecule has 0 amide bonds. The van der Waals surface area contributed by atoms with Crippen LogP contribution in [-0.2, 0) is 13.0 Å². The molecular formula is C13H14FNO. The highest BCUT2D eigenvalue weighted by atomic mass is 19.1. The molecule has 0 saturated heterocycles. The van der Waals surface area contributed by atoms with Gasteiger partial charge in [0.1, 0.15) is 11.6 Å². The molecule has 0 aliphatic carbocycles. The van der Waals surface area contributed by atoms with E-state index in [9.17, 15) is 4.39 Å². The van der Waals surface area contributed by atoms with Crippen molar-refractivity contribution in [2.45, 2.75) is 13.0 Å². The van der Waals surface area contributed by atoms with E-state index in [1.165, 1.54) is 12.1 Å². The minimum atomic E-state index is -0.188. The molecule has 1 heterocycles. The van der Waals surface area contributed by atoms with Crippen molar-refractivity contribution in [3.05, 3.63) is 59.8 Å². The van der Waals surface area contributed by atoms with Crippen LogP contribution in [0.2, 0.25) is 0 Å². The van der Waals surface area contributed by atoms with Crippen LogP contribution in [0, 0.1) is 5.82 Å². The Labute approximate surface area is 94.1 Å². The van der Waals surface area contributed by atoms with Crippen molar-refractivity contribution in [3.63, 3.8) is 0 Å². The summed E-state index contributed by atoms with van der Waals surface area (Å²) >= 11 is 0. The lowest BCUT2D eigenvalue weighted by Gasteiger charge is -2.03. The van der Waals surface area contributed by atoms with Crippen LogP contribution in [-0.4, -0.2) is 6.54 Å². The van der Waals surface area contributed by atoms with Crippen molar-refractivity contribution in [2.24, 2.45) is 0 Å². The Kier molecular flexibility index (Phi) is 3.72. The third kappa shape index (κ3) is 3.21. The normalized spacial score (nSPS) is 10.6. The monoisotopic (exact) mass is 219 g/mol. The zero-order valence-electron chi connectivity index (χ0n) is 8.95. The summed E-state index contributed by atoms with van der Waals surface area (Å²) in [6.07, 6.45) is 2.55. The Hall–Kier alpha value is -1.61. The molecule has 2 nitrogen and oxygen atoms in total. The molecular weight excluding hydrogens is 205 g/mol. The minimum absolute atomic E-state index is 0.188. The standard InChI is InChI=1S/C13H14FNO/c14-12-5-3-11(4-6-12)7-8-15-10-13-2-1-9-16-13/h1-6,9,15H,7-8,10H2. The molecule has 1 aromatic carbocycles. The number of nitrogens with one attached hydrogen (secondary N) is 1. The van der Waals surface area contributed by atoms with Crippen LogP contribution in [0.1, 0.15) is 11.3 Å². The zero-order chi connectivity index (χ0) is 11.2. The quantitative estimate of drug-likeness (QED) is 0.782. The van der Waals surface area contributed by atoms with Gasteiger partial charge in [-0.25, -0.2) is 4.39 Å². The van der Waals surface area contributed by atoms with Crippen molar-refractivity contribution >= 4 is 0 Å². The van der Waals surface area contributed by atoms with Crippen molar-refractivity contribution < 1.29 is 8.81 Å². The minimum Gasteiger partial charge on any atom is -0.468 e. The van der Waals surface area contributed by atoms with Crippen LogP contribution in [0.5, 0.6) is 0 Å². The van der Waals surface area contributed by atoms with Crippen LogP contribution in [0.3, 0.4) is 0 Å². The van der Waals surface area contributed by atoms with E-state index in [2.05, 4.69) is 5.32 Å². The molecule has 0 spiro atoms. The van der Waals surface area contributed by atoms with E-state index in [1.54, 1.807) is 6.26 Å². The van der Waals surface area contributed by atoms with E-state index in [0.29, 0.717) is 0 Å². The fourth-order valence-electron chi connectivity index (χ4n) is 1.51. The van der Waals surface area contributed by atoms with Gasteiger partial charge in [-0.15, -0.1) is 0 Å². The largest absolute Gasteiger partial charge is 0.468 e. The Morgan fingerprint density at radius 1 is 1.12 bits per heavy atom. The molecule has 16 heavy (non-hydrogen) atoms. The average molecular weight is 219 g/mol. The van der Waals surface area contributed by atoms with Crippen molar-refractivity contribution in [2.75, 3.05) is 6.54 Å². The van der Waals surface area contributed by atoms with Gasteiger partial charge in [-0.2, -0.15) is 0 Å².